The molecule has 0 N–H and O–H groups in total. The number of epoxide rings is 1. The fourth-order valence-electron chi connectivity index (χ4n) is 3.19. The van der Waals surface area contributed by atoms with Gasteiger partial charge in [0.25, 0.3) is 0 Å². The van der Waals surface area contributed by atoms with Crippen molar-refractivity contribution in [1.82, 2.24) is 0 Å². The van der Waals surface area contributed by atoms with E-state index in [1.807, 2.05) is 12.1 Å². The van der Waals surface area contributed by atoms with Gasteiger partial charge < -0.3 is 4.74 Å². The Balaban J connectivity index is 1.79. The molecule has 0 unspecified atom stereocenters. The first-order chi connectivity index (χ1) is 13.0. The first-order valence-corrected chi connectivity index (χ1v) is 9.12. The zero-order valence-electron chi connectivity index (χ0n) is 14.1. The number of ether oxygens (including phenoxy) is 1. The molecule has 1 heterocycles. The summed E-state index contributed by atoms with van der Waals surface area (Å²) in [4.78, 5) is 26.5. The van der Waals surface area contributed by atoms with E-state index in [1.165, 1.54) is 0 Å². The summed E-state index contributed by atoms with van der Waals surface area (Å²) in [6, 6.07) is 22.3. The molecule has 0 saturated carbocycles. The molecule has 1 aliphatic rings. The van der Waals surface area contributed by atoms with Gasteiger partial charge in [-0.05, 0) is 17.7 Å². The molecule has 3 nitrogen and oxygen atoms in total. The summed E-state index contributed by atoms with van der Waals surface area (Å²) in [6.45, 7) is 0. The van der Waals surface area contributed by atoms with Crippen molar-refractivity contribution in [3.05, 3.63) is 106 Å². The Morgan fingerprint density at radius 2 is 1.26 bits per heavy atom. The van der Waals surface area contributed by atoms with Gasteiger partial charge in [0, 0.05) is 11.1 Å². The fraction of sp³-hybridized carbons (Fsp3) is 0.0909. The van der Waals surface area contributed by atoms with Crippen molar-refractivity contribution < 1.29 is 14.3 Å². The van der Waals surface area contributed by atoms with Gasteiger partial charge in [0.15, 0.2) is 0 Å². The molecule has 1 atom stereocenters. The Kier molecular flexibility index (Phi) is 4.60. The number of benzene rings is 3. The number of rotatable bonds is 5. The summed E-state index contributed by atoms with van der Waals surface area (Å²) in [7, 11) is 0. The number of hydrogen-bond acceptors (Lipinski definition) is 3. The molecule has 0 spiro atoms. The van der Waals surface area contributed by atoms with Crippen LogP contribution in [0.15, 0.2) is 78.9 Å². The van der Waals surface area contributed by atoms with Crippen molar-refractivity contribution in [2.24, 2.45) is 0 Å². The maximum absolute atomic E-state index is 13.3. The van der Waals surface area contributed by atoms with Gasteiger partial charge in [0.2, 0.25) is 17.2 Å². The predicted molar refractivity (Wildman–Crippen MR) is 105 cm³/mol. The number of carbonyl (C=O) groups is 2. The predicted octanol–water partition coefficient (Wildman–Crippen LogP) is 5.57. The summed E-state index contributed by atoms with van der Waals surface area (Å²) in [5, 5.41) is 0.744. The second kappa shape index (κ2) is 6.93. The van der Waals surface area contributed by atoms with Gasteiger partial charge in [-0.3, -0.25) is 9.59 Å². The number of halogens is 2. The van der Waals surface area contributed by atoms with Gasteiger partial charge in [-0.2, -0.15) is 0 Å². The zero-order valence-corrected chi connectivity index (χ0v) is 15.6. The van der Waals surface area contributed by atoms with Gasteiger partial charge in [0.1, 0.15) is 6.10 Å². The van der Waals surface area contributed by atoms with Gasteiger partial charge in [-0.25, -0.2) is 0 Å². The van der Waals surface area contributed by atoms with Crippen LogP contribution in [0.1, 0.15) is 32.4 Å². The molecule has 27 heavy (non-hydrogen) atoms. The largest absolute Gasteiger partial charge is 0.344 e. The van der Waals surface area contributed by atoms with Crippen LogP contribution in [-0.2, 0) is 4.74 Å². The molecule has 0 aromatic heterocycles. The van der Waals surface area contributed by atoms with Gasteiger partial charge in [0.05, 0.1) is 10.0 Å². The van der Waals surface area contributed by atoms with E-state index < -0.39 is 11.7 Å². The summed E-state index contributed by atoms with van der Waals surface area (Å²) in [5.41, 5.74) is -0.119. The Hall–Kier alpha value is -2.46. The van der Waals surface area contributed by atoms with E-state index in [4.69, 9.17) is 27.9 Å². The molecule has 0 bridgehead atoms. The van der Waals surface area contributed by atoms with Crippen LogP contribution >= 0.6 is 23.2 Å². The second-order valence-corrected chi connectivity index (χ2v) is 7.11. The zero-order chi connectivity index (χ0) is 19.0. The maximum atomic E-state index is 13.3. The lowest BCUT2D eigenvalue weighted by molar-refractivity contribution is 0.0752. The van der Waals surface area contributed by atoms with E-state index in [9.17, 15) is 9.59 Å². The lowest BCUT2D eigenvalue weighted by Crippen LogP contribution is -2.35. The monoisotopic (exact) mass is 396 g/mol. The molecule has 5 heteroatoms. The summed E-state index contributed by atoms with van der Waals surface area (Å²) in [5.74, 6) is -0.735. The van der Waals surface area contributed by atoms with Crippen molar-refractivity contribution in [2.45, 2.75) is 11.7 Å². The number of hydrogen-bond donors (Lipinski definition) is 0. The van der Waals surface area contributed by atoms with E-state index in [1.54, 1.807) is 66.7 Å². The molecule has 3 aromatic carbocycles. The van der Waals surface area contributed by atoms with Gasteiger partial charge in [-0.15, -0.1) is 0 Å². The lowest BCUT2D eigenvalue weighted by Gasteiger charge is -2.12. The van der Waals surface area contributed by atoms with Crippen LogP contribution in [-0.4, -0.2) is 17.2 Å². The van der Waals surface area contributed by atoms with E-state index in [-0.39, 0.29) is 11.6 Å². The normalized spacial score (nSPS) is 17.3. The average molecular weight is 397 g/mol. The van der Waals surface area contributed by atoms with Crippen molar-refractivity contribution in [1.29, 1.82) is 0 Å². The van der Waals surface area contributed by atoms with Crippen LogP contribution in [0, 0.1) is 0 Å². The highest BCUT2D eigenvalue weighted by molar-refractivity contribution is 6.42. The summed E-state index contributed by atoms with van der Waals surface area (Å²) < 4.78 is 5.82. The van der Waals surface area contributed by atoms with Crippen molar-refractivity contribution in [3.8, 4) is 0 Å². The minimum absolute atomic E-state index is 0.345. The first-order valence-electron chi connectivity index (χ1n) is 8.36. The minimum atomic E-state index is -1.60. The quantitative estimate of drug-likeness (QED) is 0.321. The van der Waals surface area contributed by atoms with Crippen LogP contribution < -0.4 is 0 Å². The molecule has 4 rings (SSSR count). The molecule has 0 amide bonds. The lowest BCUT2D eigenvalue weighted by atomic mass is 9.85. The van der Waals surface area contributed by atoms with E-state index in [2.05, 4.69) is 0 Å². The molecule has 134 valence electrons. The highest BCUT2D eigenvalue weighted by Gasteiger charge is 2.68. The Morgan fingerprint density at radius 3 is 1.74 bits per heavy atom. The van der Waals surface area contributed by atoms with Crippen molar-refractivity contribution in [2.75, 3.05) is 0 Å². The highest BCUT2D eigenvalue weighted by atomic mass is 35.5. The van der Waals surface area contributed by atoms with Gasteiger partial charge >= 0.3 is 0 Å². The summed E-state index contributed by atoms with van der Waals surface area (Å²) >= 11 is 12.1. The second-order valence-electron chi connectivity index (χ2n) is 6.30. The standard InChI is InChI=1S/C22H14Cl2O3/c23-17-12-11-16(13-18(17)24)21-22(27-21,19(25)14-7-3-1-4-8-14)20(26)15-9-5-2-6-10-15/h1-13,21H/t21-/m1/s1. The molecule has 1 fully saturated rings. The molecule has 0 radical (unpaired) electrons. The highest BCUT2D eigenvalue weighted by Crippen LogP contribution is 2.54. The first kappa shape index (κ1) is 17.9. The summed E-state index contributed by atoms with van der Waals surface area (Å²) in [6.07, 6.45) is -0.715. The van der Waals surface area contributed by atoms with Crippen LogP contribution in [0.2, 0.25) is 10.0 Å². The van der Waals surface area contributed by atoms with E-state index in [0.717, 1.165) is 0 Å². The smallest absolute Gasteiger partial charge is 0.224 e. The molecule has 3 aromatic rings. The minimum Gasteiger partial charge on any atom is -0.344 e. The number of Topliss-reactive ketones (excluding diaryl/α,β-unsaturated/α-hetero) is 2. The molecule has 1 aliphatic heterocycles. The van der Waals surface area contributed by atoms with Crippen LogP contribution in [0.4, 0.5) is 0 Å². The van der Waals surface area contributed by atoms with Crippen molar-refractivity contribution in [3.63, 3.8) is 0 Å². The number of carbonyl (C=O) groups excluding carboxylic acids is 2. The Labute approximate surface area is 166 Å². The Bertz CT molecular complexity index is 965. The average Bonchev–Trinajstić information content (AvgIpc) is 3.47. The molecule has 0 aliphatic carbocycles. The third-order valence-corrected chi connectivity index (χ3v) is 5.35. The topological polar surface area (TPSA) is 46.7 Å². The third-order valence-electron chi connectivity index (χ3n) is 4.61. The maximum Gasteiger partial charge on any atom is 0.224 e. The van der Waals surface area contributed by atoms with E-state index >= 15 is 0 Å². The molecular formula is C22H14Cl2O3. The van der Waals surface area contributed by atoms with Crippen molar-refractivity contribution >= 4 is 34.8 Å². The Morgan fingerprint density at radius 1 is 0.741 bits per heavy atom. The SMILES string of the molecule is O=C(c1ccccc1)C1(C(=O)c2ccccc2)O[C@@H]1c1ccc(Cl)c(Cl)c1. The van der Waals surface area contributed by atoms with E-state index in [0.29, 0.717) is 26.7 Å². The number of ketones is 2. The van der Waals surface area contributed by atoms with Gasteiger partial charge in [-0.1, -0.05) is 89.9 Å². The van der Waals surface area contributed by atoms with Crippen LogP contribution in [0.3, 0.4) is 0 Å². The van der Waals surface area contributed by atoms with Crippen LogP contribution in [0.25, 0.3) is 0 Å². The van der Waals surface area contributed by atoms with Crippen LogP contribution in [0.5, 0.6) is 0 Å². The molecular weight excluding hydrogens is 383 g/mol. The molecule has 1 saturated heterocycles. The fourth-order valence-corrected chi connectivity index (χ4v) is 3.49. The third kappa shape index (κ3) is 3.08.